The Morgan fingerprint density at radius 3 is 2.96 bits per heavy atom. The number of likely N-dealkylation sites (N-methyl/N-ethyl adjacent to an activating group) is 1. The number of nitrogen functional groups attached to an aromatic ring is 1. The molecule has 0 aliphatic rings. The van der Waals surface area contributed by atoms with E-state index in [4.69, 9.17) is 10.5 Å². The smallest absolute Gasteiger partial charge is 0.248 e. The first-order chi connectivity index (χ1) is 11.6. The Balaban J connectivity index is 1.80. The van der Waals surface area contributed by atoms with Crippen LogP contribution in [-0.4, -0.2) is 50.6 Å². The molecule has 0 aliphatic carbocycles. The second-order valence-corrected chi connectivity index (χ2v) is 4.81. The third kappa shape index (κ3) is 2.86. The first-order valence-electron chi connectivity index (χ1n) is 6.85. The summed E-state index contributed by atoms with van der Waals surface area (Å²) in [5.41, 5.74) is 6.48. The van der Waals surface area contributed by atoms with E-state index in [1.807, 2.05) is 0 Å². The number of benzene rings is 1. The molecule has 3 rings (SSSR count). The minimum atomic E-state index is -0.244. The highest BCUT2D eigenvalue weighted by atomic mass is 16.6. The molecule has 0 atom stereocenters. The Morgan fingerprint density at radius 2 is 2.25 bits per heavy atom. The van der Waals surface area contributed by atoms with E-state index in [2.05, 4.69) is 30.5 Å². The average molecular weight is 330 g/mol. The summed E-state index contributed by atoms with van der Waals surface area (Å²) in [6, 6.07) is 7.13. The largest absolute Gasteiger partial charge is 0.497 e. The van der Waals surface area contributed by atoms with Crippen molar-refractivity contribution >= 4 is 17.4 Å². The van der Waals surface area contributed by atoms with Crippen molar-refractivity contribution in [1.82, 2.24) is 30.5 Å². The van der Waals surface area contributed by atoms with Crippen molar-refractivity contribution < 1.29 is 14.2 Å². The summed E-state index contributed by atoms with van der Waals surface area (Å²) in [5.74, 6) is 0.643. The number of nitrogens with two attached hydrogens (primary N) is 1. The van der Waals surface area contributed by atoms with Gasteiger partial charge in [0.05, 0.1) is 7.11 Å². The minimum absolute atomic E-state index is 0.0413. The molecular formula is C13H14N8O3. The molecule has 2 heterocycles. The van der Waals surface area contributed by atoms with E-state index in [1.54, 1.807) is 38.4 Å². The highest BCUT2D eigenvalue weighted by Gasteiger charge is 2.21. The van der Waals surface area contributed by atoms with Gasteiger partial charge in [-0.2, -0.15) is 0 Å². The van der Waals surface area contributed by atoms with Gasteiger partial charge in [-0.15, -0.1) is 5.10 Å². The SMILES string of the molecule is COc1cccc(N(C)C(=O)Cn2nnnc2-c2nonc2N)c1. The Labute approximate surface area is 135 Å². The Morgan fingerprint density at radius 1 is 1.42 bits per heavy atom. The third-order valence-electron chi connectivity index (χ3n) is 3.36. The number of aromatic nitrogens is 6. The summed E-state index contributed by atoms with van der Waals surface area (Å²) in [7, 11) is 3.21. The number of hydrogen-bond donors (Lipinski definition) is 1. The average Bonchev–Trinajstić information content (AvgIpc) is 3.22. The number of hydrogen-bond acceptors (Lipinski definition) is 9. The van der Waals surface area contributed by atoms with Gasteiger partial charge in [0, 0.05) is 18.8 Å². The van der Waals surface area contributed by atoms with Gasteiger partial charge in [0.15, 0.2) is 11.5 Å². The third-order valence-corrected chi connectivity index (χ3v) is 3.36. The number of methoxy groups -OCH3 is 1. The molecule has 0 saturated carbocycles. The maximum Gasteiger partial charge on any atom is 0.248 e. The number of tetrazole rings is 1. The fourth-order valence-corrected chi connectivity index (χ4v) is 2.03. The fourth-order valence-electron chi connectivity index (χ4n) is 2.03. The van der Waals surface area contributed by atoms with Crippen molar-refractivity contribution in [3.05, 3.63) is 24.3 Å². The second kappa shape index (κ2) is 6.32. The van der Waals surface area contributed by atoms with Crippen LogP contribution in [0.2, 0.25) is 0 Å². The molecular weight excluding hydrogens is 316 g/mol. The standard InChI is InChI=1S/C13H14N8O3/c1-20(8-4-3-5-9(6-8)23-2)10(22)7-21-13(15-18-19-21)11-12(14)17-24-16-11/h3-6H,7H2,1-2H3,(H2,14,17). The van der Waals surface area contributed by atoms with Crippen LogP contribution in [0.3, 0.4) is 0 Å². The maximum absolute atomic E-state index is 12.5. The first-order valence-corrected chi connectivity index (χ1v) is 6.85. The molecule has 1 aromatic carbocycles. The summed E-state index contributed by atoms with van der Waals surface area (Å²) < 4.78 is 11.0. The molecule has 11 nitrogen and oxygen atoms in total. The highest BCUT2D eigenvalue weighted by Crippen LogP contribution is 2.21. The summed E-state index contributed by atoms with van der Waals surface area (Å²) in [5, 5.41) is 18.2. The van der Waals surface area contributed by atoms with E-state index >= 15 is 0 Å². The summed E-state index contributed by atoms with van der Waals surface area (Å²) >= 11 is 0. The summed E-state index contributed by atoms with van der Waals surface area (Å²) in [6.45, 7) is -0.109. The second-order valence-electron chi connectivity index (χ2n) is 4.81. The molecule has 0 aliphatic heterocycles. The molecule has 3 aromatic rings. The van der Waals surface area contributed by atoms with Gasteiger partial charge in [-0.05, 0) is 32.9 Å². The van der Waals surface area contributed by atoms with Crippen molar-refractivity contribution in [2.75, 3.05) is 24.8 Å². The van der Waals surface area contributed by atoms with Crippen LogP contribution in [0.5, 0.6) is 5.75 Å². The van der Waals surface area contributed by atoms with Crippen molar-refractivity contribution in [3.63, 3.8) is 0 Å². The zero-order valence-corrected chi connectivity index (χ0v) is 12.9. The fraction of sp³-hybridized carbons (Fsp3) is 0.231. The molecule has 1 amide bonds. The number of amides is 1. The van der Waals surface area contributed by atoms with Crippen LogP contribution in [0.25, 0.3) is 11.5 Å². The molecule has 11 heteroatoms. The first kappa shape index (κ1) is 15.4. The van der Waals surface area contributed by atoms with Crippen molar-refractivity contribution in [3.8, 4) is 17.3 Å². The van der Waals surface area contributed by atoms with Gasteiger partial charge in [-0.3, -0.25) is 4.79 Å². The number of anilines is 2. The van der Waals surface area contributed by atoms with Crippen LogP contribution in [0, 0.1) is 0 Å². The van der Waals surface area contributed by atoms with Crippen molar-refractivity contribution in [1.29, 1.82) is 0 Å². The van der Waals surface area contributed by atoms with Gasteiger partial charge in [-0.1, -0.05) is 6.07 Å². The van der Waals surface area contributed by atoms with Crippen LogP contribution in [0.1, 0.15) is 0 Å². The lowest BCUT2D eigenvalue weighted by atomic mass is 10.2. The quantitative estimate of drug-likeness (QED) is 0.683. The van der Waals surface area contributed by atoms with E-state index in [0.29, 0.717) is 11.4 Å². The molecule has 0 saturated heterocycles. The molecule has 2 N–H and O–H groups in total. The molecule has 0 spiro atoms. The molecule has 2 aromatic heterocycles. The Hall–Kier alpha value is -3.50. The lowest BCUT2D eigenvalue weighted by Crippen LogP contribution is -2.30. The summed E-state index contributed by atoms with van der Waals surface area (Å²) in [4.78, 5) is 14.0. The molecule has 0 bridgehead atoms. The van der Waals surface area contributed by atoms with E-state index in [1.165, 1.54) is 9.58 Å². The van der Waals surface area contributed by atoms with Gasteiger partial charge < -0.3 is 15.4 Å². The zero-order valence-electron chi connectivity index (χ0n) is 12.9. The van der Waals surface area contributed by atoms with Crippen LogP contribution in [-0.2, 0) is 11.3 Å². The van der Waals surface area contributed by atoms with E-state index in [0.717, 1.165) is 0 Å². The molecule has 124 valence electrons. The number of nitrogens with zero attached hydrogens (tertiary/aromatic N) is 7. The topological polar surface area (TPSA) is 138 Å². The van der Waals surface area contributed by atoms with Gasteiger partial charge in [0.2, 0.25) is 11.7 Å². The minimum Gasteiger partial charge on any atom is -0.497 e. The predicted octanol–water partition coefficient (Wildman–Crippen LogP) is -0.0231. The van der Waals surface area contributed by atoms with Gasteiger partial charge >= 0.3 is 0 Å². The van der Waals surface area contributed by atoms with Crippen LogP contribution in [0.15, 0.2) is 28.9 Å². The van der Waals surface area contributed by atoms with E-state index in [9.17, 15) is 4.79 Å². The van der Waals surface area contributed by atoms with Gasteiger partial charge in [0.1, 0.15) is 12.3 Å². The summed E-state index contributed by atoms with van der Waals surface area (Å²) in [6.07, 6.45) is 0. The Kier molecular flexibility index (Phi) is 4.05. The molecule has 0 radical (unpaired) electrons. The number of carbonyl (C=O) groups excluding carboxylic acids is 1. The zero-order chi connectivity index (χ0) is 17.1. The van der Waals surface area contributed by atoms with E-state index in [-0.39, 0.29) is 29.8 Å². The molecule has 24 heavy (non-hydrogen) atoms. The van der Waals surface area contributed by atoms with Crippen LogP contribution in [0.4, 0.5) is 11.5 Å². The molecule has 0 fully saturated rings. The van der Waals surface area contributed by atoms with Crippen LogP contribution >= 0.6 is 0 Å². The van der Waals surface area contributed by atoms with E-state index < -0.39 is 0 Å². The number of rotatable bonds is 5. The van der Waals surface area contributed by atoms with Gasteiger partial charge in [-0.25, -0.2) is 9.31 Å². The number of ether oxygens (including phenoxy) is 1. The van der Waals surface area contributed by atoms with Crippen molar-refractivity contribution in [2.24, 2.45) is 0 Å². The monoisotopic (exact) mass is 330 g/mol. The van der Waals surface area contributed by atoms with Crippen LogP contribution < -0.4 is 15.4 Å². The normalized spacial score (nSPS) is 10.6. The Bertz CT molecular complexity index is 858. The number of carbonyl (C=O) groups is 1. The van der Waals surface area contributed by atoms with Crippen molar-refractivity contribution in [2.45, 2.75) is 6.54 Å². The highest BCUT2D eigenvalue weighted by molar-refractivity contribution is 5.93. The predicted molar refractivity (Wildman–Crippen MR) is 81.9 cm³/mol. The van der Waals surface area contributed by atoms with Gasteiger partial charge in [0.25, 0.3) is 0 Å². The lowest BCUT2D eigenvalue weighted by molar-refractivity contribution is -0.119. The molecule has 0 unspecified atom stereocenters. The lowest BCUT2D eigenvalue weighted by Gasteiger charge is -2.18. The maximum atomic E-state index is 12.5.